The van der Waals surface area contributed by atoms with Gasteiger partial charge in [-0.2, -0.15) is 13.2 Å². The summed E-state index contributed by atoms with van der Waals surface area (Å²) in [6.45, 7) is 0. The molecular formula is C9H9F3N2O2. The van der Waals surface area contributed by atoms with E-state index >= 15 is 0 Å². The van der Waals surface area contributed by atoms with Crippen LogP contribution in [0, 0.1) is 10.1 Å². The number of hydrogen-bond donors (Lipinski definition) is 0. The summed E-state index contributed by atoms with van der Waals surface area (Å²) in [6.07, 6.45) is -4.59. The summed E-state index contributed by atoms with van der Waals surface area (Å²) in [7, 11) is 3.03. The first kappa shape index (κ1) is 12.3. The van der Waals surface area contributed by atoms with Gasteiger partial charge in [0.1, 0.15) is 0 Å². The van der Waals surface area contributed by atoms with E-state index < -0.39 is 22.4 Å². The Kier molecular flexibility index (Phi) is 3.06. The number of nitro groups is 1. The number of hydrogen-bond acceptors (Lipinski definition) is 3. The second-order valence-electron chi connectivity index (χ2n) is 3.39. The van der Waals surface area contributed by atoms with E-state index in [1.165, 1.54) is 19.0 Å². The predicted molar refractivity (Wildman–Crippen MR) is 52.4 cm³/mol. The molecule has 0 radical (unpaired) electrons. The van der Waals surface area contributed by atoms with Crippen LogP contribution in [0.1, 0.15) is 5.56 Å². The van der Waals surface area contributed by atoms with Crippen LogP contribution in [0.2, 0.25) is 0 Å². The van der Waals surface area contributed by atoms with Crippen molar-refractivity contribution in [3.63, 3.8) is 0 Å². The molecule has 0 bridgehead atoms. The summed E-state index contributed by atoms with van der Waals surface area (Å²) in [5.74, 6) is 0. The van der Waals surface area contributed by atoms with Crippen LogP contribution >= 0.6 is 0 Å². The second kappa shape index (κ2) is 3.99. The molecule has 0 saturated carbocycles. The third-order valence-corrected chi connectivity index (χ3v) is 1.96. The summed E-state index contributed by atoms with van der Waals surface area (Å²) in [6, 6.07) is 2.48. The highest BCUT2D eigenvalue weighted by atomic mass is 19.4. The average Bonchev–Trinajstić information content (AvgIpc) is 2.15. The van der Waals surface area contributed by atoms with E-state index in [1.54, 1.807) is 0 Å². The van der Waals surface area contributed by atoms with Crippen LogP contribution in [0.25, 0.3) is 0 Å². The van der Waals surface area contributed by atoms with Crippen molar-refractivity contribution in [3.05, 3.63) is 33.9 Å². The van der Waals surface area contributed by atoms with Gasteiger partial charge in [-0.05, 0) is 6.07 Å². The molecule has 4 nitrogen and oxygen atoms in total. The van der Waals surface area contributed by atoms with Gasteiger partial charge in [0.25, 0.3) is 5.69 Å². The fourth-order valence-corrected chi connectivity index (χ4v) is 1.12. The Morgan fingerprint density at radius 1 is 1.25 bits per heavy atom. The van der Waals surface area contributed by atoms with Crippen LogP contribution in [-0.2, 0) is 6.18 Å². The highest BCUT2D eigenvalue weighted by Gasteiger charge is 2.32. The van der Waals surface area contributed by atoms with Gasteiger partial charge in [0.05, 0.1) is 10.5 Å². The number of rotatable bonds is 2. The smallest absolute Gasteiger partial charge is 0.377 e. The standard InChI is InChI=1S/C9H9F3N2O2/c1-13(2)7-3-6(9(10,11)12)4-8(5-7)14(15)16/h3-5H,1-2H3. The number of non-ortho nitro benzene ring substituents is 1. The third-order valence-electron chi connectivity index (χ3n) is 1.96. The van der Waals surface area contributed by atoms with Gasteiger partial charge in [-0.3, -0.25) is 10.1 Å². The highest BCUT2D eigenvalue weighted by Crippen LogP contribution is 2.34. The van der Waals surface area contributed by atoms with Crippen molar-refractivity contribution in [2.75, 3.05) is 19.0 Å². The van der Waals surface area contributed by atoms with E-state index in [2.05, 4.69) is 0 Å². The first-order valence-electron chi connectivity index (χ1n) is 4.26. The molecule has 0 N–H and O–H groups in total. The van der Waals surface area contributed by atoms with Gasteiger partial charge < -0.3 is 4.90 Å². The zero-order valence-corrected chi connectivity index (χ0v) is 8.58. The monoisotopic (exact) mass is 234 g/mol. The van der Waals surface area contributed by atoms with Gasteiger partial charge in [0, 0.05) is 31.9 Å². The zero-order chi connectivity index (χ0) is 12.5. The predicted octanol–water partition coefficient (Wildman–Crippen LogP) is 2.68. The van der Waals surface area contributed by atoms with Crippen molar-refractivity contribution in [2.24, 2.45) is 0 Å². The minimum atomic E-state index is -4.59. The molecule has 7 heteroatoms. The maximum atomic E-state index is 12.4. The highest BCUT2D eigenvalue weighted by molar-refractivity contribution is 5.55. The number of benzene rings is 1. The molecule has 0 aliphatic rings. The Balaban J connectivity index is 3.36. The molecule has 1 aromatic rings. The van der Waals surface area contributed by atoms with Crippen LogP contribution in [0.5, 0.6) is 0 Å². The van der Waals surface area contributed by atoms with E-state index in [4.69, 9.17) is 0 Å². The Bertz CT molecular complexity index is 416. The second-order valence-corrected chi connectivity index (χ2v) is 3.39. The van der Waals surface area contributed by atoms with E-state index in [1.807, 2.05) is 0 Å². The SMILES string of the molecule is CN(C)c1cc([N+](=O)[O-])cc(C(F)(F)F)c1. The Morgan fingerprint density at radius 3 is 2.19 bits per heavy atom. The van der Waals surface area contributed by atoms with Gasteiger partial charge >= 0.3 is 6.18 Å². The van der Waals surface area contributed by atoms with E-state index in [9.17, 15) is 23.3 Å². The molecule has 0 amide bonds. The largest absolute Gasteiger partial charge is 0.416 e. The van der Waals surface area contributed by atoms with Crippen molar-refractivity contribution < 1.29 is 18.1 Å². The summed E-state index contributed by atoms with van der Waals surface area (Å²) in [4.78, 5) is 11.0. The summed E-state index contributed by atoms with van der Waals surface area (Å²) in [5, 5.41) is 10.5. The van der Waals surface area contributed by atoms with Crippen molar-refractivity contribution >= 4 is 11.4 Å². The lowest BCUT2D eigenvalue weighted by Crippen LogP contribution is -2.12. The quantitative estimate of drug-likeness (QED) is 0.583. The topological polar surface area (TPSA) is 46.4 Å². The normalized spacial score (nSPS) is 11.3. The van der Waals surface area contributed by atoms with Gasteiger partial charge in [-0.1, -0.05) is 0 Å². The molecule has 1 rings (SSSR count). The summed E-state index contributed by atoms with van der Waals surface area (Å²) >= 11 is 0. The Labute approximate surface area is 89.4 Å². The first-order chi connectivity index (χ1) is 7.21. The zero-order valence-electron chi connectivity index (χ0n) is 8.58. The molecule has 0 fully saturated rings. The molecule has 0 spiro atoms. The van der Waals surface area contributed by atoms with Crippen molar-refractivity contribution in [1.29, 1.82) is 0 Å². The van der Waals surface area contributed by atoms with Gasteiger partial charge in [0.2, 0.25) is 0 Å². The molecule has 0 atom stereocenters. The van der Waals surface area contributed by atoms with Crippen LogP contribution in [-0.4, -0.2) is 19.0 Å². The van der Waals surface area contributed by atoms with Crippen LogP contribution in [0.4, 0.5) is 24.5 Å². The van der Waals surface area contributed by atoms with Crippen LogP contribution in [0.15, 0.2) is 18.2 Å². The molecular weight excluding hydrogens is 225 g/mol. The Morgan fingerprint density at radius 2 is 1.81 bits per heavy atom. The molecule has 16 heavy (non-hydrogen) atoms. The third kappa shape index (κ3) is 2.62. The fraction of sp³-hybridized carbons (Fsp3) is 0.333. The molecule has 88 valence electrons. The van der Waals surface area contributed by atoms with Crippen molar-refractivity contribution in [3.8, 4) is 0 Å². The van der Waals surface area contributed by atoms with Crippen LogP contribution in [0.3, 0.4) is 0 Å². The number of nitro benzene ring substituents is 1. The number of nitrogens with zero attached hydrogens (tertiary/aromatic N) is 2. The lowest BCUT2D eigenvalue weighted by Gasteiger charge is -2.14. The number of anilines is 1. The summed E-state index contributed by atoms with van der Waals surface area (Å²) < 4.78 is 37.3. The molecule has 0 aromatic heterocycles. The average molecular weight is 234 g/mol. The Hall–Kier alpha value is -1.79. The molecule has 0 aliphatic heterocycles. The number of alkyl halides is 3. The minimum absolute atomic E-state index is 0.140. The molecule has 0 saturated heterocycles. The van der Waals surface area contributed by atoms with E-state index in [0.717, 1.165) is 12.1 Å². The maximum Gasteiger partial charge on any atom is 0.416 e. The molecule has 1 aromatic carbocycles. The van der Waals surface area contributed by atoms with Gasteiger partial charge in [0.15, 0.2) is 0 Å². The van der Waals surface area contributed by atoms with Gasteiger partial charge in [-0.15, -0.1) is 0 Å². The van der Waals surface area contributed by atoms with Crippen molar-refractivity contribution in [2.45, 2.75) is 6.18 Å². The molecule has 0 unspecified atom stereocenters. The lowest BCUT2D eigenvalue weighted by atomic mass is 10.1. The number of halogens is 3. The van der Waals surface area contributed by atoms with Crippen LogP contribution < -0.4 is 4.90 Å². The van der Waals surface area contributed by atoms with Crippen molar-refractivity contribution in [1.82, 2.24) is 0 Å². The molecule has 0 heterocycles. The fourth-order valence-electron chi connectivity index (χ4n) is 1.12. The maximum absolute atomic E-state index is 12.4. The first-order valence-corrected chi connectivity index (χ1v) is 4.26. The van der Waals surface area contributed by atoms with Gasteiger partial charge in [-0.25, -0.2) is 0 Å². The van der Waals surface area contributed by atoms with E-state index in [-0.39, 0.29) is 5.69 Å². The van der Waals surface area contributed by atoms with E-state index in [0.29, 0.717) is 6.07 Å². The summed E-state index contributed by atoms with van der Waals surface area (Å²) in [5.41, 5.74) is -1.45. The minimum Gasteiger partial charge on any atom is -0.377 e. The molecule has 0 aliphatic carbocycles. The lowest BCUT2D eigenvalue weighted by molar-refractivity contribution is -0.385.